The standard InChI is InChI=1S/C10H9BrN2O/c1-14-13-10(7-12)9-5-3-2-4-8(9)6-11/h2-5H,6H2,1H3/b13-10+. The molecule has 72 valence electrons. The second kappa shape index (κ2) is 5.40. The highest BCUT2D eigenvalue weighted by molar-refractivity contribution is 9.08. The molecule has 0 aliphatic rings. The fourth-order valence-corrected chi connectivity index (χ4v) is 1.58. The van der Waals surface area contributed by atoms with E-state index >= 15 is 0 Å². The average molecular weight is 253 g/mol. The molecule has 0 amide bonds. The van der Waals surface area contributed by atoms with Gasteiger partial charge in [-0.3, -0.25) is 0 Å². The van der Waals surface area contributed by atoms with E-state index in [0.717, 1.165) is 11.1 Å². The van der Waals surface area contributed by atoms with Crippen LogP contribution in [0.1, 0.15) is 11.1 Å². The Morgan fingerprint density at radius 1 is 1.57 bits per heavy atom. The third-order valence-electron chi connectivity index (χ3n) is 1.70. The number of nitrogens with zero attached hydrogens (tertiary/aromatic N) is 2. The Hall–Kier alpha value is -1.34. The van der Waals surface area contributed by atoms with Crippen LogP contribution in [-0.2, 0) is 10.2 Å². The summed E-state index contributed by atoms with van der Waals surface area (Å²) in [6.07, 6.45) is 0. The molecule has 14 heavy (non-hydrogen) atoms. The molecule has 3 nitrogen and oxygen atoms in total. The van der Waals surface area contributed by atoms with Crippen molar-refractivity contribution in [3.8, 4) is 6.07 Å². The van der Waals surface area contributed by atoms with Gasteiger partial charge in [0, 0.05) is 10.9 Å². The number of hydrogen-bond donors (Lipinski definition) is 0. The van der Waals surface area contributed by atoms with Gasteiger partial charge in [0.15, 0.2) is 5.71 Å². The van der Waals surface area contributed by atoms with Crippen LogP contribution in [-0.4, -0.2) is 12.8 Å². The minimum absolute atomic E-state index is 0.294. The topological polar surface area (TPSA) is 45.4 Å². The van der Waals surface area contributed by atoms with Crippen molar-refractivity contribution in [1.29, 1.82) is 5.26 Å². The smallest absolute Gasteiger partial charge is 0.187 e. The Morgan fingerprint density at radius 2 is 2.29 bits per heavy atom. The van der Waals surface area contributed by atoms with Crippen molar-refractivity contribution >= 4 is 21.6 Å². The van der Waals surface area contributed by atoms with Crippen LogP contribution < -0.4 is 0 Å². The molecule has 0 aliphatic heterocycles. The SMILES string of the molecule is CO/N=C(\C#N)c1ccccc1CBr. The van der Waals surface area contributed by atoms with Gasteiger partial charge in [-0.1, -0.05) is 45.4 Å². The maximum absolute atomic E-state index is 8.85. The van der Waals surface area contributed by atoms with Crippen LogP contribution in [0.4, 0.5) is 0 Å². The van der Waals surface area contributed by atoms with E-state index in [9.17, 15) is 0 Å². The molecular weight excluding hydrogens is 244 g/mol. The van der Waals surface area contributed by atoms with Crippen molar-refractivity contribution < 1.29 is 4.84 Å². The molecule has 0 N–H and O–H groups in total. The van der Waals surface area contributed by atoms with Crippen LogP contribution in [0.15, 0.2) is 29.4 Å². The van der Waals surface area contributed by atoms with Gasteiger partial charge in [-0.25, -0.2) is 0 Å². The number of rotatable bonds is 3. The number of halogens is 1. The first-order valence-corrected chi connectivity index (χ1v) is 5.11. The van der Waals surface area contributed by atoms with Gasteiger partial charge in [0.1, 0.15) is 13.2 Å². The highest BCUT2D eigenvalue weighted by Crippen LogP contribution is 2.13. The zero-order valence-electron chi connectivity index (χ0n) is 7.70. The third kappa shape index (κ3) is 2.33. The average Bonchev–Trinajstić information content (AvgIpc) is 2.26. The summed E-state index contributed by atoms with van der Waals surface area (Å²) in [6.45, 7) is 0. The molecule has 0 unspecified atom stereocenters. The minimum Gasteiger partial charge on any atom is -0.398 e. The van der Waals surface area contributed by atoms with E-state index in [1.165, 1.54) is 7.11 Å². The molecule has 1 rings (SSSR count). The molecule has 0 radical (unpaired) electrons. The Labute approximate surface area is 91.1 Å². The van der Waals surface area contributed by atoms with Gasteiger partial charge >= 0.3 is 0 Å². The lowest BCUT2D eigenvalue weighted by Gasteiger charge is -2.03. The van der Waals surface area contributed by atoms with Crippen molar-refractivity contribution in [3.63, 3.8) is 0 Å². The van der Waals surface area contributed by atoms with Crippen molar-refractivity contribution in [1.82, 2.24) is 0 Å². The Morgan fingerprint density at radius 3 is 2.86 bits per heavy atom. The molecule has 0 aliphatic carbocycles. The van der Waals surface area contributed by atoms with Crippen LogP contribution in [0.3, 0.4) is 0 Å². The predicted molar refractivity (Wildman–Crippen MR) is 58.2 cm³/mol. The van der Waals surface area contributed by atoms with Gasteiger partial charge in [0.25, 0.3) is 0 Å². The summed E-state index contributed by atoms with van der Waals surface area (Å²) < 4.78 is 0. The summed E-state index contributed by atoms with van der Waals surface area (Å²) in [4.78, 5) is 4.60. The quantitative estimate of drug-likeness (QED) is 0.472. The maximum atomic E-state index is 8.85. The summed E-state index contributed by atoms with van der Waals surface area (Å²) in [5, 5.41) is 13.2. The maximum Gasteiger partial charge on any atom is 0.187 e. The van der Waals surface area contributed by atoms with Crippen molar-refractivity contribution in [2.45, 2.75) is 5.33 Å². The largest absolute Gasteiger partial charge is 0.398 e. The van der Waals surface area contributed by atoms with Gasteiger partial charge < -0.3 is 4.84 Å². The molecule has 0 aromatic heterocycles. The van der Waals surface area contributed by atoms with Crippen molar-refractivity contribution in [2.24, 2.45) is 5.16 Å². The zero-order valence-corrected chi connectivity index (χ0v) is 9.28. The number of hydrogen-bond acceptors (Lipinski definition) is 3. The number of nitriles is 1. The lowest BCUT2D eigenvalue weighted by atomic mass is 10.1. The fraction of sp³-hybridized carbons (Fsp3) is 0.200. The molecule has 0 saturated heterocycles. The Bertz CT molecular complexity index is 382. The van der Waals surface area contributed by atoms with E-state index in [1.807, 2.05) is 30.3 Å². The first kappa shape index (κ1) is 10.7. The second-order valence-corrected chi connectivity index (χ2v) is 3.09. The van der Waals surface area contributed by atoms with E-state index < -0.39 is 0 Å². The van der Waals surface area contributed by atoms with Crippen molar-refractivity contribution in [3.05, 3.63) is 35.4 Å². The molecule has 1 aromatic carbocycles. The van der Waals surface area contributed by atoms with Crippen LogP contribution >= 0.6 is 15.9 Å². The molecule has 4 heteroatoms. The number of benzene rings is 1. The summed E-state index contributed by atoms with van der Waals surface area (Å²) in [5.41, 5.74) is 2.11. The van der Waals surface area contributed by atoms with Crippen LogP contribution in [0, 0.1) is 11.3 Å². The Kier molecular flexibility index (Phi) is 4.14. The highest BCUT2D eigenvalue weighted by atomic mass is 79.9. The van der Waals surface area contributed by atoms with Gasteiger partial charge in [0.05, 0.1) is 0 Å². The van der Waals surface area contributed by atoms with E-state index in [0.29, 0.717) is 11.0 Å². The molecular formula is C10H9BrN2O. The van der Waals surface area contributed by atoms with E-state index in [-0.39, 0.29) is 0 Å². The second-order valence-electron chi connectivity index (χ2n) is 2.53. The predicted octanol–water partition coefficient (Wildman–Crippen LogP) is 2.46. The molecule has 0 heterocycles. The highest BCUT2D eigenvalue weighted by Gasteiger charge is 2.07. The molecule has 0 bridgehead atoms. The first-order valence-electron chi connectivity index (χ1n) is 3.99. The fourth-order valence-electron chi connectivity index (χ4n) is 1.09. The van der Waals surface area contributed by atoms with Crippen LogP contribution in [0.2, 0.25) is 0 Å². The summed E-state index contributed by atoms with van der Waals surface area (Å²) in [7, 11) is 1.42. The molecule has 0 spiro atoms. The van der Waals surface area contributed by atoms with E-state index in [4.69, 9.17) is 5.26 Å². The van der Waals surface area contributed by atoms with Crippen LogP contribution in [0.5, 0.6) is 0 Å². The van der Waals surface area contributed by atoms with E-state index in [2.05, 4.69) is 25.9 Å². The normalized spacial score (nSPS) is 10.8. The lowest BCUT2D eigenvalue weighted by Crippen LogP contribution is -2.01. The summed E-state index contributed by atoms with van der Waals surface area (Å²) in [6, 6.07) is 9.56. The number of alkyl halides is 1. The van der Waals surface area contributed by atoms with Crippen LogP contribution in [0.25, 0.3) is 0 Å². The van der Waals surface area contributed by atoms with Gasteiger partial charge in [-0.15, -0.1) is 0 Å². The third-order valence-corrected chi connectivity index (χ3v) is 2.31. The molecule has 0 saturated carbocycles. The van der Waals surface area contributed by atoms with Crippen molar-refractivity contribution in [2.75, 3.05) is 7.11 Å². The first-order chi connectivity index (χ1) is 6.83. The monoisotopic (exact) mass is 252 g/mol. The lowest BCUT2D eigenvalue weighted by molar-refractivity contribution is 0.214. The summed E-state index contributed by atoms with van der Waals surface area (Å²) in [5.74, 6) is 0. The molecule has 0 fully saturated rings. The van der Waals surface area contributed by atoms with Gasteiger partial charge in [0.2, 0.25) is 0 Å². The zero-order chi connectivity index (χ0) is 10.4. The number of oxime groups is 1. The Balaban J connectivity index is 3.17. The minimum atomic E-state index is 0.294. The molecule has 1 aromatic rings. The molecule has 0 atom stereocenters. The van der Waals surface area contributed by atoms with Gasteiger partial charge in [-0.2, -0.15) is 5.26 Å². The van der Waals surface area contributed by atoms with Gasteiger partial charge in [-0.05, 0) is 5.56 Å². The van der Waals surface area contributed by atoms with E-state index in [1.54, 1.807) is 0 Å². The summed E-state index contributed by atoms with van der Waals surface area (Å²) >= 11 is 3.35.